The van der Waals surface area contributed by atoms with Crippen molar-refractivity contribution in [1.29, 1.82) is 0 Å². The Kier molecular flexibility index (Phi) is 9.69. The molecule has 150 valence electrons. The number of carbonyl (C=O) groups excluding carboxylic acids is 2. The number of ether oxygens (including phenoxy) is 1. The van der Waals surface area contributed by atoms with Gasteiger partial charge in [-0.25, -0.2) is 14.5 Å². The van der Waals surface area contributed by atoms with Crippen LogP contribution in [0.1, 0.15) is 86.6 Å². The molecule has 1 aromatic rings. The Bertz CT molecular complexity index is 574. The predicted octanol–water partition coefficient (Wildman–Crippen LogP) is 5.82. The predicted molar refractivity (Wildman–Crippen MR) is 99.8 cm³/mol. The van der Waals surface area contributed by atoms with Crippen LogP contribution in [0.25, 0.3) is 0 Å². The average Bonchev–Trinajstić information content (AvgIpc) is 2.64. The molecule has 27 heavy (non-hydrogen) atoms. The lowest BCUT2D eigenvalue weighted by molar-refractivity contribution is -0.453. The number of rotatable bonds is 4. The van der Waals surface area contributed by atoms with E-state index in [0.717, 1.165) is 44.1 Å². The molecular formula is C21H30O6. The molecule has 0 N–H and O–H groups in total. The van der Waals surface area contributed by atoms with Crippen molar-refractivity contribution in [3.8, 4) is 0 Å². The van der Waals surface area contributed by atoms with Gasteiger partial charge in [0.1, 0.15) is 6.10 Å². The maximum atomic E-state index is 11.9. The molecule has 0 radical (unpaired) electrons. The molecule has 1 saturated carbocycles. The highest BCUT2D eigenvalue weighted by Gasteiger charge is 2.18. The van der Waals surface area contributed by atoms with Crippen LogP contribution in [-0.4, -0.2) is 18.2 Å². The Hall–Kier alpha value is -2.08. The van der Waals surface area contributed by atoms with Crippen molar-refractivity contribution in [3.05, 3.63) is 35.4 Å². The summed E-state index contributed by atoms with van der Waals surface area (Å²) in [5.74, 6) is -0.730. The molecule has 0 amide bonds. The third kappa shape index (κ3) is 8.43. The van der Waals surface area contributed by atoms with E-state index in [1.807, 2.05) is 6.07 Å². The molecule has 2 rings (SSSR count). The van der Waals surface area contributed by atoms with Gasteiger partial charge in [0.15, 0.2) is 0 Å². The van der Waals surface area contributed by atoms with Crippen molar-refractivity contribution >= 4 is 12.1 Å². The van der Waals surface area contributed by atoms with Crippen molar-refractivity contribution in [3.63, 3.8) is 0 Å². The quantitative estimate of drug-likeness (QED) is 0.373. The molecule has 0 saturated heterocycles. The minimum atomic E-state index is -0.982. The Morgan fingerprint density at radius 3 is 1.96 bits per heavy atom. The smallest absolute Gasteiger partial charge is 0.429 e. The van der Waals surface area contributed by atoms with E-state index in [9.17, 15) is 9.59 Å². The van der Waals surface area contributed by atoms with Gasteiger partial charge in [0.05, 0.1) is 10.6 Å². The topological polar surface area (TPSA) is 71.1 Å². The van der Waals surface area contributed by atoms with E-state index < -0.39 is 12.1 Å². The third-order valence-electron chi connectivity index (χ3n) is 4.89. The van der Waals surface area contributed by atoms with Gasteiger partial charge >= 0.3 is 12.1 Å². The summed E-state index contributed by atoms with van der Waals surface area (Å²) in [5, 5.41) is 4.32. The minimum absolute atomic E-state index is 0.187. The fourth-order valence-electron chi connectivity index (χ4n) is 3.32. The Balaban J connectivity index is 1.70. The fraction of sp³-hybridized carbons (Fsp3) is 0.619. The normalized spacial score (nSPS) is 17.2. The lowest BCUT2D eigenvalue weighted by atomic mass is 9.99. The van der Waals surface area contributed by atoms with Crippen LogP contribution in [0.3, 0.4) is 0 Å². The summed E-state index contributed by atoms with van der Waals surface area (Å²) in [7, 11) is 0. The summed E-state index contributed by atoms with van der Waals surface area (Å²) in [6.07, 6.45) is 11.2. The summed E-state index contributed by atoms with van der Waals surface area (Å²) in [6, 6.07) is 6.89. The number of hydrogen-bond donors (Lipinski definition) is 0. The number of carbonyl (C=O) groups is 2. The van der Waals surface area contributed by atoms with E-state index in [-0.39, 0.29) is 6.10 Å². The molecular weight excluding hydrogens is 348 g/mol. The standard InChI is InChI=1S/C21H30O6/c1-17-13-11-12-16-19(17)20(22)25-27-26-21(23)24-18-14-9-7-5-3-2-4-6-8-10-15-18/h11-13,16,18H,2-10,14-15H2,1H3. The zero-order valence-electron chi connectivity index (χ0n) is 16.1. The summed E-state index contributed by atoms with van der Waals surface area (Å²) >= 11 is 0. The van der Waals surface area contributed by atoms with Crippen LogP contribution in [0.15, 0.2) is 24.3 Å². The number of hydrogen-bond acceptors (Lipinski definition) is 6. The fourth-order valence-corrected chi connectivity index (χ4v) is 3.32. The van der Waals surface area contributed by atoms with Gasteiger partial charge in [0.2, 0.25) is 0 Å². The van der Waals surface area contributed by atoms with Crippen LogP contribution in [0.2, 0.25) is 0 Å². The lowest BCUT2D eigenvalue weighted by Gasteiger charge is -2.17. The van der Waals surface area contributed by atoms with E-state index >= 15 is 0 Å². The second-order valence-corrected chi connectivity index (χ2v) is 7.09. The zero-order valence-corrected chi connectivity index (χ0v) is 16.1. The second-order valence-electron chi connectivity index (χ2n) is 7.09. The van der Waals surface area contributed by atoms with E-state index in [0.29, 0.717) is 5.56 Å². The van der Waals surface area contributed by atoms with Gasteiger partial charge in [0, 0.05) is 0 Å². The molecule has 0 aromatic heterocycles. The van der Waals surface area contributed by atoms with Gasteiger partial charge in [-0.05, 0) is 44.2 Å². The first-order valence-electron chi connectivity index (χ1n) is 9.98. The molecule has 1 aromatic carbocycles. The Morgan fingerprint density at radius 1 is 0.815 bits per heavy atom. The molecule has 6 heteroatoms. The first kappa shape index (κ1) is 21.2. The minimum Gasteiger partial charge on any atom is -0.429 e. The molecule has 0 bridgehead atoms. The van der Waals surface area contributed by atoms with E-state index in [2.05, 4.69) is 14.8 Å². The monoisotopic (exact) mass is 378 g/mol. The molecule has 0 spiro atoms. The average molecular weight is 378 g/mol. The number of aryl methyl sites for hydroxylation is 1. The van der Waals surface area contributed by atoms with Gasteiger partial charge < -0.3 is 4.74 Å². The van der Waals surface area contributed by atoms with Gasteiger partial charge in [-0.2, -0.15) is 0 Å². The van der Waals surface area contributed by atoms with Crippen LogP contribution >= 0.6 is 0 Å². The van der Waals surface area contributed by atoms with Crippen LogP contribution in [0, 0.1) is 6.92 Å². The SMILES string of the molecule is Cc1ccccc1C(=O)OOOC(=O)OC1CCCCCCCCCCC1. The van der Waals surface area contributed by atoms with Crippen LogP contribution in [0.4, 0.5) is 4.79 Å². The van der Waals surface area contributed by atoms with E-state index in [1.165, 1.54) is 32.1 Å². The summed E-state index contributed by atoms with van der Waals surface area (Å²) in [5.41, 5.74) is 1.08. The molecule has 6 nitrogen and oxygen atoms in total. The molecule has 0 aliphatic heterocycles. The largest absolute Gasteiger partial charge is 0.543 e. The second kappa shape index (κ2) is 12.3. The van der Waals surface area contributed by atoms with Gasteiger partial charge in [-0.15, -0.1) is 0 Å². The molecule has 1 fully saturated rings. The lowest BCUT2D eigenvalue weighted by Crippen LogP contribution is -2.20. The van der Waals surface area contributed by atoms with Crippen LogP contribution in [-0.2, 0) is 19.6 Å². The molecule has 0 heterocycles. The number of benzene rings is 1. The van der Waals surface area contributed by atoms with Crippen LogP contribution < -0.4 is 0 Å². The van der Waals surface area contributed by atoms with Crippen molar-refractivity contribution < 1.29 is 29.1 Å². The molecule has 0 atom stereocenters. The van der Waals surface area contributed by atoms with E-state index in [1.54, 1.807) is 25.1 Å². The highest BCUT2D eigenvalue weighted by atomic mass is 17.5. The molecule has 1 aliphatic carbocycles. The highest BCUT2D eigenvalue weighted by Crippen LogP contribution is 2.19. The molecule has 1 aliphatic rings. The Labute approximate surface area is 161 Å². The third-order valence-corrected chi connectivity index (χ3v) is 4.89. The summed E-state index contributed by atoms with van der Waals surface area (Å²) < 4.78 is 5.33. The van der Waals surface area contributed by atoms with Crippen molar-refractivity contribution in [2.75, 3.05) is 0 Å². The summed E-state index contributed by atoms with van der Waals surface area (Å²) in [4.78, 5) is 32.6. The van der Waals surface area contributed by atoms with Crippen LogP contribution in [0.5, 0.6) is 0 Å². The van der Waals surface area contributed by atoms with Gasteiger partial charge in [-0.1, -0.05) is 63.1 Å². The van der Waals surface area contributed by atoms with E-state index in [4.69, 9.17) is 4.74 Å². The van der Waals surface area contributed by atoms with Gasteiger partial charge in [-0.3, -0.25) is 4.89 Å². The Morgan fingerprint density at radius 2 is 1.37 bits per heavy atom. The van der Waals surface area contributed by atoms with Crippen molar-refractivity contribution in [2.45, 2.75) is 83.7 Å². The maximum Gasteiger partial charge on any atom is 0.543 e. The van der Waals surface area contributed by atoms with Crippen molar-refractivity contribution in [1.82, 2.24) is 0 Å². The van der Waals surface area contributed by atoms with Gasteiger partial charge in [0.25, 0.3) is 0 Å². The summed E-state index contributed by atoms with van der Waals surface area (Å²) in [6.45, 7) is 1.77. The molecule has 0 unspecified atom stereocenters. The highest BCUT2D eigenvalue weighted by molar-refractivity contribution is 5.90. The maximum absolute atomic E-state index is 11.9. The first-order valence-corrected chi connectivity index (χ1v) is 9.98. The van der Waals surface area contributed by atoms with Crippen molar-refractivity contribution in [2.24, 2.45) is 0 Å². The first-order chi connectivity index (χ1) is 13.2. The zero-order chi connectivity index (χ0) is 19.3.